The van der Waals surface area contributed by atoms with Crippen molar-refractivity contribution in [1.82, 2.24) is 5.32 Å². The first kappa shape index (κ1) is 62.3. The zero-order valence-electron chi connectivity index (χ0n) is 42.5. The zero-order valence-corrected chi connectivity index (χ0v) is 42.5. The number of aliphatic hydroxyl groups excluding tert-OH is 4. The molecule has 6 nitrogen and oxygen atoms in total. The number of aliphatic hydroxyl groups is 4. The van der Waals surface area contributed by atoms with E-state index in [4.69, 9.17) is 0 Å². The van der Waals surface area contributed by atoms with Crippen molar-refractivity contribution in [3.8, 4) is 0 Å². The average molecular weight is 901 g/mol. The zero-order chi connectivity index (χ0) is 46.7. The van der Waals surface area contributed by atoms with Crippen LogP contribution in [0.3, 0.4) is 0 Å². The minimum atomic E-state index is -1.29. The van der Waals surface area contributed by atoms with E-state index in [9.17, 15) is 25.2 Å². The summed E-state index contributed by atoms with van der Waals surface area (Å²) in [5.74, 6) is -0.599. The molecule has 0 fully saturated rings. The van der Waals surface area contributed by atoms with Gasteiger partial charge < -0.3 is 25.7 Å². The summed E-state index contributed by atoms with van der Waals surface area (Å²) in [5.41, 5.74) is 0. The van der Waals surface area contributed by atoms with Crippen LogP contribution in [0.25, 0.3) is 0 Å². The first-order valence-electron chi connectivity index (χ1n) is 28.0. The molecule has 0 spiro atoms. The fourth-order valence-corrected chi connectivity index (χ4v) is 8.57. The van der Waals surface area contributed by atoms with E-state index >= 15 is 0 Å². The molecule has 0 bridgehead atoms. The Kier molecular flexibility index (Phi) is 50.8. The molecule has 376 valence electrons. The quantitative estimate of drug-likeness (QED) is 0.0309. The number of allylic oxidation sites excluding steroid dienone is 8. The highest BCUT2D eigenvalue weighted by molar-refractivity contribution is 5.80. The second kappa shape index (κ2) is 52.2. The topological polar surface area (TPSA) is 110 Å². The highest BCUT2D eigenvalue weighted by Crippen LogP contribution is 2.16. The standard InChI is InChI=1S/C58H109NO5/c1-3-5-7-9-11-13-15-17-19-21-23-25-27-28-29-30-32-34-36-38-40-42-44-46-48-50-52-56(62)58(64)59-54(53-60)57(63)55(61)51-49-47-45-43-41-39-37-35-33-31-26-24-22-20-18-16-14-12-10-8-6-4-2/h23,25,28-29,35,37,43,45,54-57,60-63H,3-22,24,26-27,30-34,36,38-42,44,46-53H2,1-2H3,(H,59,64)/b25-23-,29-28-,37-35+,45-43+. The lowest BCUT2D eigenvalue weighted by molar-refractivity contribution is -0.132. The molecular formula is C58H109NO5. The van der Waals surface area contributed by atoms with E-state index in [0.29, 0.717) is 19.3 Å². The number of carbonyl (C=O) groups is 1. The van der Waals surface area contributed by atoms with Crippen molar-refractivity contribution in [3.05, 3.63) is 48.6 Å². The van der Waals surface area contributed by atoms with Crippen molar-refractivity contribution in [2.75, 3.05) is 6.61 Å². The first-order valence-corrected chi connectivity index (χ1v) is 28.0. The van der Waals surface area contributed by atoms with E-state index in [1.165, 1.54) is 205 Å². The summed E-state index contributed by atoms with van der Waals surface area (Å²) < 4.78 is 0. The van der Waals surface area contributed by atoms with Crippen molar-refractivity contribution >= 4 is 5.91 Å². The Morgan fingerprint density at radius 2 is 0.703 bits per heavy atom. The summed E-state index contributed by atoms with van der Waals surface area (Å²) >= 11 is 0. The number of amides is 1. The van der Waals surface area contributed by atoms with Gasteiger partial charge in [-0.05, 0) is 83.5 Å². The van der Waals surface area contributed by atoms with Gasteiger partial charge in [0.25, 0.3) is 0 Å². The van der Waals surface area contributed by atoms with Gasteiger partial charge in [-0.15, -0.1) is 0 Å². The largest absolute Gasteiger partial charge is 0.394 e. The lowest BCUT2D eigenvalue weighted by Crippen LogP contribution is -2.53. The van der Waals surface area contributed by atoms with Crippen LogP contribution in [0.1, 0.15) is 284 Å². The molecule has 1 amide bonds. The van der Waals surface area contributed by atoms with Crippen LogP contribution in [0.4, 0.5) is 0 Å². The summed E-state index contributed by atoms with van der Waals surface area (Å²) in [6.45, 7) is 4.06. The van der Waals surface area contributed by atoms with Crippen molar-refractivity contribution in [1.29, 1.82) is 0 Å². The predicted molar refractivity (Wildman–Crippen MR) is 279 cm³/mol. The average Bonchev–Trinajstić information content (AvgIpc) is 3.30. The molecule has 6 heteroatoms. The van der Waals surface area contributed by atoms with Gasteiger partial charge in [-0.2, -0.15) is 0 Å². The van der Waals surface area contributed by atoms with Crippen LogP contribution in [0, 0.1) is 0 Å². The number of rotatable bonds is 51. The molecule has 4 unspecified atom stereocenters. The summed E-state index contributed by atoms with van der Waals surface area (Å²) in [6.07, 6.45) is 66.0. The van der Waals surface area contributed by atoms with Crippen LogP contribution in [0.15, 0.2) is 48.6 Å². The molecule has 64 heavy (non-hydrogen) atoms. The Bertz CT molecular complexity index is 1060. The fourth-order valence-electron chi connectivity index (χ4n) is 8.57. The number of hydrogen-bond acceptors (Lipinski definition) is 5. The van der Waals surface area contributed by atoms with E-state index in [-0.39, 0.29) is 0 Å². The number of carbonyl (C=O) groups excluding carboxylic acids is 1. The summed E-state index contributed by atoms with van der Waals surface area (Å²) in [5, 5.41) is 43.9. The van der Waals surface area contributed by atoms with Gasteiger partial charge in [0.15, 0.2) is 0 Å². The highest BCUT2D eigenvalue weighted by Gasteiger charge is 2.28. The predicted octanol–water partition coefficient (Wildman–Crippen LogP) is 16.2. The van der Waals surface area contributed by atoms with Gasteiger partial charge in [0.1, 0.15) is 12.2 Å². The van der Waals surface area contributed by atoms with Crippen molar-refractivity contribution < 1.29 is 25.2 Å². The third-order valence-corrected chi connectivity index (χ3v) is 13.0. The van der Waals surface area contributed by atoms with E-state index in [0.717, 1.165) is 44.9 Å². The molecule has 0 radical (unpaired) electrons. The molecule has 5 N–H and O–H groups in total. The molecule has 0 heterocycles. The van der Waals surface area contributed by atoms with E-state index in [2.05, 4.69) is 67.8 Å². The Morgan fingerprint density at radius 3 is 1.08 bits per heavy atom. The van der Waals surface area contributed by atoms with Gasteiger partial charge in [-0.3, -0.25) is 4.79 Å². The van der Waals surface area contributed by atoms with Crippen molar-refractivity contribution in [3.63, 3.8) is 0 Å². The summed E-state index contributed by atoms with van der Waals surface area (Å²) in [4.78, 5) is 12.6. The van der Waals surface area contributed by atoms with Crippen LogP contribution in [0.2, 0.25) is 0 Å². The van der Waals surface area contributed by atoms with Crippen molar-refractivity contribution in [2.45, 2.75) is 308 Å². The van der Waals surface area contributed by atoms with Crippen LogP contribution in [-0.2, 0) is 4.79 Å². The van der Waals surface area contributed by atoms with E-state index < -0.39 is 36.9 Å². The maximum Gasteiger partial charge on any atom is 0.249 e. The van der Waals surface area contributed by atoms with Crippen LogP contribution in [-0.4, -0.2) is 57.3 Å². The summed E-state index contributed by atoms with van der Waals surface area (Å²) in [7, 11) is 0. The molecule has 0 aromatic heterocycles. The minimum Gasteiger partial charge on any atom is -0.394 e. The normalized spacial score (nSPS) is 14.2. The number of nitrogens with one attached hydrogen (secondary N) is 1. The van der Waals surface area contributed by atoms with Crippen LogP contribution < -0.4 is 5.32 Å². The third kappa shape index (κ3) is 45.4. The van der Waals surface area contributed by atoms with Gasteiger partial charge in [-0.1, -0.05) is 249 Å². The van der Waals surface area contributed by atoms with Gasteiger partial charge in [0, 0.05) is 0 Å². The van der Waals surface area contributed by atoms with Gasteiger partial charge >= 0.3 is 0 Å². The Balaban J connectivity index is 3.71. The van der Waals surface area contributed by atoms with Crippen LogP contribution >= 0.6 is 0 Å². The highest BCUT2D eigenvalue weighted by atomic mass is 16.3. The molecule has 0 aromatic carbocycles. The number of hydrogen-bond donors (Lipinski definition) is 5. The SMILES string of the molecule is CCCCCCCCCCC/C=C\C/C=C\CCCCCCCCCCCCC(O)C(=O)NC(CO)C(O)C(O)CCC/C=C/CC/C=C/CCCCCCCCCCCCCCC. The van der Waals surface area contributed by atoms with Gasteiger partial charge in [0.2, 0.25) is 5.91 Å². The molecule has 0 aliphatic carbocycles. The van der Waals surface area contributed by atoms with E-state index in [1.807, 2.05) is 0 Å². The lowest BCUT2D eigenvalue weighted by atomic mass is 10.00. The fraction of sp³-hybridized carbons (Fsp3) is 0.845. The Labute approximate surface area is 398 Å². The molecule has 0 aliphatic heterocycles. The van der Waals surface area contributed by atoms with Gasteiger partial charge in [-0.25, -0.2) is 0 Å². The first-order chi connectivity index (χ1) is 31.5. The number of unbranched alkanes of at least 4 members (excludes halogenated alkanes) is 34. The molecule has 4 atom stereocenters. The second-order valence-corrected chi connectivity index (χ2v) is 19.3. The van der Waals surface area contributed by atoms with Crippen molar-refractivity contribution in [2.24, 2.45) is 0 Å². The maximum absolute atomic E-state index is 12.6. The molecule has 0 rings (SSSR count). The molecule has 0 saturated carbocycles. The van der Waals surface area contributed by atoms with E-state index in [1.54, 1.807) is 0 Å². The molecular weight excluding hydrogens is 791 g/mol. The Morgan fingerprint density at radius 1 is 0.391 bits per heavy atom. The summed E-state index contributed by atoms with van der Waals surface area (Å²) in [6, 6.07) is -1.01. The monoisotopic (exact) mass is 900 g/mol. The lowest BCUT2D eigenvalue weighted by Gasteiger charge is -2.27. The third-order valence-electron chi connectivity index (χ3n) is 13.0. The molecule has 0 aliphatic rings. The molecule has 0 aromatic rings. The smallest absolute Gasteiger partial charge is 0.249 e. The minimum absolute atomic E-state index is 0.355. The van der Waals surface area contributed by atoms with Gasteiger partial charge in [0.05, 0.1) is 18.8 Å². The second-order valence-electron chi connectivity index (χ2n) is 19.3. The van der Waals surface area contributed by atoms with Crippen LogP contribution in [0.5, 0.6) is 0 Å². The maximum atomic E-state index is 12.6. The Hall–Kier alpha value is -1.73. The molecule has 0 saturated heterocycles.